The summed E-state index contributed by atoms with van der Waals surface area (Å²) >= 11 is 1.43. The minimum Gasteiger partial charge on any atom is -0.316 e. The molecule has 8 nitrogen and oxygen atoms in total. The van der Waals surface area contributed by atoms with Crippen molar-refractivity contribution in [3.05, 3.63) is 66.0 Å². The lowest BCUT2D eigenvalue weighted by molar-refractivity contribution is 0.218. The van der Waals surface area contributed by atoms with Crippen molar-refractivity contribution < 1.29 is 9.11 Å². The second kappa shape index (κ2) is 9.70. The number of rotatable bonds is 7. The van der Waals surface area contributed by atoms with Crippen LogP contribution in [0.2, 0.25) is 0 Å². The fourth-order valence-electron chi connectivity index (χ4n) is 3.92. The maximum absolute atomic E-state index is 11.0. The van der Waals surface area contributed by atoms with Crippen molar-refractivity contribution in [2.24, 2.45) is 0 Å². The summed E-state index contributed by atoms with van der Waals surface area (Å²) in [7, 11) is -3.23. The van der Waals surface area contributed by atoms with Crippen LogP contribution in [-0.4, -0.2) is 47.0 Å². The van der Waals surface area contributed by atoms with Gasteiger partial charge in [-0.05, 0) is 43.6 Å². The van der Waals surface area contributed by atoms with Crippen molar-refractivity contribution in [3.63, 3.8) is 0 Å². The third-order valence-corrected chi connectivity index (χ3v) is 7.90. The van der Waals surface area contributed by atoms with Crippen molar-refractivity contribution in [2.75, 3.05) is 18.4 Å². The number of aromatic nitrogens is 4. The summed E-state index contributed by atoms with van der Waals surface area (Å²) in [6.07, 6.45) is 5.33. The van der Waals surface area contributed by atoms with Gasteiger partial charge in [0.25, 0.3) is 0 Å². The summed E-state index contributed by atoms with van der Waals surface area (Å²) in [5, 5.41) is 3.94. The van der Waals surface area contributed by atoms with Gasteiger partial charge in [-0.1, -0.05) is 48.1 Å². The first-order valence-corrected chi connectivity index (χ1v) is 13.5. The van der Waals surface area contributed by atoms with E-state index in [1.807, 2.05) is 48.5 Å². The van der Waals surface area contributed by atoms with Crippen LogP contribution in [0.1, 0.15) is 30.5 Å². The van der Waals surface area contributed by atoms with Gasteiger partial charge in [-0.3, -0.25) is 14.0 Å². The monoisotopic (exact) mass is 482 g/mol. The van der Waals surface area contributed by atoms with E-state index in [0.717, 1.165) is 34.7 Å². The van der Waals surface area contributed by atoms with E-state index in [1.54, 1.807) is 6.20 Å². The van der Waals surface area contributed by atoms with E-state index in [-0.39, 0.29) is 10.9 Å². The molecule has 1 fully saturated rings. The molecule has 4 aromatic rings. The molecule has 3 N–H and O–H groups in total. The number of anilines is 2. The van der Waals surface area contributed by atoms with Crippen molar-refractivity contribution >= 4 is 43.2 Å². The van der Waals surface area contributed by atoms with Crippen LogP contribution in [0.4, 0.5) is 10.9 Å². The molecular formula is C23H26N6O2S2. The molecule has 0 bridgehead atoms. The van der Waals surface area contributed by atoms with E-state index >= 15 is 0 Å². The minimum atomic E-state index is -3.23. The van der Waals surface area contributed by atoms with Gasteiger partial charge in [-0.25, -0.2) is 15.0 Å². The fraction of sp³-hybridized carbons (Fsp3) is 0.304. The third kappa shape index (κ3) is 5.48. The number of fused-ring (bicyclic) bond motifs is 1. The number of nitrogens with one attached hydrogen (secondary N) is 1. The van der Waals surface area contributed by atoms with E-state index in [4.69, 9.17) is 0 Å². The highest BCUT2D eigenvalue weighted by Gasteiger charge is 2.23. The Morgan fingerprint density at radius 3 is 2.58 bits per heavy atom. The first-order valence-electron chi connectivity index (χ1n) is 10.9. The van der Waals surface area contributed by atoms with Gasteiger partial charge in [0.05, 0.1) is 11.4 Å². The zero-order valence-electron chi connectivity index (χ0n) is 18.1. The summed E-state index contributed by atoms with van der Waals surface area (Å²) < 4.78 is 22.0. The molecule has 0 aliphatic carbocycles. The zero-order chi connectivity index (χ0) is 22.7. The standard InChI is InChI=1S/C23H26N6O2S2/c30-33(31,16-17-8-3-1-4-9-17)23-25-18(15-29-12-5-2-6-13-29)14-20(28-23)27-22-26-19-10-7-11-24-21(19)32-22/h1,3-4,7-11,14,30-31H,2,5-6,12-13,15-16H2,(H,25,26,27,28). The number of hydrogen-bond donors (Lipinski definition) is 3. The molecule has 0 spiro atoms. The van der Waals surface area contributed by atoms with Gasteiger partial charge >= 0.3 is 0 Å². The zero-order valence-corrected chi connectivity index (χ0v) is 19.7. The SMILES string of the molecule is OS(O)(Cc1ccccc1)c1nc(CN2CCCCC2)cc(Nc2nc3cccnc3s2)n1. The molecule has 33 heavy (non-hydrogen) atoms. The summed E-state index contributed by atoms with van der Waals surface area (Å²) in [6.45, 7) is 2.68. The maximum atomic E-state index is 11.0. The number of piperidine rings is 1. The number of benzene rings is 1. The molecule has 0 unspecified atom stereocenters. The Morgan fingerprint density at radius 2 is 1.79 bits per heavy atom. The molecule has 10 heteroatoms. The molecule has 172 valence electrons. The van der Waals surface area contributed by atoms with Crippen LogP contribution in [0.15, 0.2) is 59.9 Å². The molecule has 4 heterocycles. The Balaban J connectivity index is 1.46. The van der Waals surface area contributed by atoms with Gasteiger partial charge in [0.2, 0.25) is 5.16 Å². The summed E-state index contributed by atoms with van der Waals surface area (Å²) in [5.74, 6) is 0.574. The van der Waals surface area contributed by atoms with Crippen LogP contribution in [0, 0.1) is 0 Å². The maximum Gasteiger partial charge on any atom is 0.244 e. The van der Waals surface area contributed by atoms with Crippen molar-refractivity contribution in [3.8, 4) is 0 Å². The molecule has 1 aliphatic rings. The Bertz CT molecular complexity index is 1200. The Labute approximate surface area is 198 Å². The highest BCUT2D eigenvalue weighted by atomic mass is 32.3. The van der Waals surface area contributed by atoms with Gasteiger partial charge in [0.1, 0.15) is 16.2 Å². The summed E-state index contributed by atoms with van der Waals surface area (Å²) in [4.78, 5) is 21.2. The molecule has 1 aliphatic heterocycles. The van der Waals surface area contributed by atoms with Crippen LogP contribution in [-0.2, 0) is 12.3 Å². The fourth-order valence-corrected chi connectivity index (χ4v) is 6.02. The van der Waals surface area contributed by atoms with E-state index in [9.17, 15) is 9.11 Å². The van der Waals surface area contributed by atoms with Crippen molar-refractivity contribution in [1.82, 2.24) is 24.8 Å². The Morgan fingerprint density at radius 1 is 0.970 bits per heavy atom. The van der Waals surface area contributed by atoms with Crippen LogP contribution >= 0.6 is 21.9 Å². The Kier molecular flexibility index (Phi) is 6.52. The van der Waals surface area contributed by atoms with E-state index in [0.29, 0.717) is 17.5 Å². The van der Waals surface area contributed by atoms with Crippen LogP contribution < -0.4 is 5.32 Å². The molecular weight excluding hydrogens is 456 g/mol. The van der Waals surface area contributed by atoms with Gasteiger partial charge in [-0.15, -0.1) is 10.6 Å². The quantitative estimate of drug-likeness (QED) is 0.296. The largest absolute Gasteiger partial charge is 0.316 e. The minimum absolute atomic E-state index is 0.0580. The van der Waals surface area contributed by atoms with Crippen LogP contribution in [0.3, 0.4) is 0 Å². The number of pyridine rings is 1. The normalized spacial score (nSPS) is 15.6. The lowest BCUT2D eigenvalue weighted by Gasteiger charge is -2.31. The predicted octanol–water partition coefficient (Wildman–Crippen LogP) is 5.52. The van der Waals surface area contributed by atoms with E-state index in [2.05, 4.69) is 30.2 Å². The second-order valence-electron chi connectivity index (χ2n) is 8.13. The van der Waals surface area contributed by atoms with Crippen LogP contribution in [0.5, 0.6) is 0 Å². The number of thiazole rings is 1. The molecule has 5 rings (SSSR count). The first-order chi connectivity index (χ1) is 16.0. The van der Waals surface area contributed by atoms with Gasteiger partial charge in [-0.2, -0.15) is 4.98 Å². The average Bonchev–Trinajstić information content (AvgIpc) is 3.22. The highest BCUT2D eigenvalue weighted by molar-refractivity contribution is 8.23. The molecule has 0 atom stereocenters. The van der Waals surface area contributed by atoms with Gasteiger partial charge in [0.15, 0.2) is 5.13 Å². The summed E-state index contributed by atoms with van der Waals surface area (Å²) in [5.41, 5.74) is 2.40. The summed E-state index contributed by atoms with van der Waals surface area (Å²) in [6, 6.07) is 15.0. The smallest absolute Gasteiger partial charge is 0.244 e. The second-order valence-corrected chi connectivity index (χ2v) is 11.1. The predicted molar refractivity (Wildman–Crippen MR) is 133 cm³/mol. The van der Waals surface area contributed by atoms with Crippen molar-refractivity contribution in [2.45, 2.75) is 36.7 Å². The van der Waals surface area contributed by atoms with E-state index < -0.39 is 10.6 Å². The Hall–Kier alpha value is -2.63. The lowest BCUT2D eigenvalue weighted by Crippen LogP contribution is -2.29. The average molecular weight is 483 g/mol. The van der Waals surface area contributed by atoms with Gasteiger partial charge < -0.3 is 5.32 Å². The van der Waals surface area contributed by atoms with Gasteiger partial charge in [0, 0.05) is 18.8 Å². The lowest BCUT2D eigenvalue weighted by atomic mass is 10.1. The van der Waals surface area contributed by atoms with Crippen LogP contribution in [0.25, 0.3) is 10.3 Å². The topological polar surface area (TPSA) is 107 Å². The van der Waals surface area contributed by atoms with E-state index in [1.165, 1.54) is 30.6 Å². The molecule has 0 saturated carbocycles. The van der Waals surface area contributed by atoms with Crippen molar-refractivity contribution in [1.29, 1.82) is 0 Å². The number of nitrogens with zero attached hydrogens (tertiary/aromatic N) is 5. The third-order valence-electron chi connectivity index (χ3n) is 5.50. The molecule has 3 aromatic heterocycles. The molecule has 0 amide bonds. The molecule has 1 aromatic carbocycles. The first kappa shape index (κ1) is 22.2. The number of hydrogen-bond acceptors (Lipinski definition) is 9. The molecule has 0 radical (unpaired) electrons. The highest BCUT2D eigenvalue weighted by Crippen LogP contribution is 2.49. The molecule has 1 saturated heterocycles. The number of likely N-dealkylation sites (tertiary alicyclic amines) is 1.